The smallest absolute Gasteiger partial charge is 0.259 e. The number of hydrogen-bond donors (Lipinski definition) is 1. The molecule has 1 aliphatic rings. The molecule has 0 bridgehead atoms. The molecule has 1 saturated heterocycles. The Labute approximate surface area is 120 Å². The zero-order chi connectivity index (χ0) is 14.8. The van der Waals surface area contributed by atoms with E-state index < -0.39 is 24.0 Å². The molecule has 3 rings (SSSR count). The number of Topliss-reactive ketones (excluding diaryl/α,β-unsaturated/α-hetero) is 1. The summed E-state index contributed by atoms with van der Waals surface area (Å²) in [6.07, 6.45) is -1.92. The molecule has 2 aromatic carbocycles. The van der Waals surface area contributed by atoms with Crippen molar-refractivity contribution >= 4 is 11.7 Å². The zero-order valence-electron chi connectivity index (χ0n) is 11.0. The predicted octanol–water partition coefficient (Wildman–Crippen LogP) is 2.22. The third-order valence-electron chi connectivity index (χ3n) is 3.25. The van der Waals surface area contributed by atoms with Crippen molar-refractivity contribution in [2.24, 2.45) is 0 Å². The lowest BCUT2D eigenvalue weighted by atomic mass is 10.1. The lowest BCUT2D eigenvalue weighted by Gasteiger charge is -2.11. The Hall–Kier alpha value is -2.53. The predicted molar refractivity (Wildman–Crippen MR) is 72.9 cm³/mol. The van der Waals surface area contributed by atoms with Crippen LogP contribution in [0.1, 0.15) is 22.1 Å². The lowest BCUT2D eigenvalue weighted by Crippen LogP contribution is -2.31. The van der Waals surface area contributed by atoms with Crippen LogP contribution < -0.4 is 5.32 Å². The Kier molecular flexibility index (Phi) is 3.50. The van der Waals surface area contributed by atoms with Gasteiger partial charge in [0.15, 0.2) is 6.23 Å². The van der Waals surface area contributed by atoms with E-state index in [1.807, 2.05) is 0 Å². The average Bonchev–Trinajstić information content (AvgIpc) is 2.90. The van der Waals surface area contributed by atoms with Gasteiger partial charge in [-0.05, 0) is 12.1 Å². The summed E-state index contributed by atoms with van der Waals surface area (Å²) < 4.78 is 18.4. The summed E-state index contributed by atoms with van der Waals surface area (Å²) >= 11 is 0. The molecule has 0 radical (unpaired) electrons. The summed E-state index contributed by atoms with van der Waals surface area (Å²) in [5, 5.41) is 2.59. The molecule has 1 amide bonds. The third kappa shape index (κ3) is 2.68. The molecule has 0 aromatic heterocycles. The van der Waals surface area contributed by atoms with E-state index in [9.17, 15) is 14.0 Å². The van der Waals surface area contributed by atoms with Crippen LogP contribution in [0.5, 0.6) is 0 Å². The van der Waals surface area contributed by atoms with Gasteiger partial charge in [-0.15, -0.1) is 0 Å². The third-order valence-corrected chi connectivity index (χ3v) is 3.25. The normalized spacial score (nSPS) is 21.1. The van der Waals surface area contributed by atoms with Gasteiger partial charge in [-0.2, -0.15) is 0 Å². The van der Waals surface area contributed by atoms with Gasteiger partial charge in [0.1, 0.15) is 5.82 Å². The van der Waals surface area contributed by atoms with Crippen molar-refractivity contribution in [1.82, 2.24) is 5.32 Å². The molecule has 0 unspecified atom stereocenters. The summed E-state index contributed by atoms with van der Waals surface area (Å²) in [6, 6.07) is 14.1. The van der Waals surface area contributed by atoms with Crippen LogP contribution in [0.3, 0.4) is 0 Å². The van der Waals surface area contributed by atoms with Crippen molar-refractivity contribution in [3.63, 3.8) is 0 Å². The van der Waals surface area contributed by atoms with Gasteiger partial charge in [0.25, 0.3) is 5.91 Å². The first-order chi connectivity index (χ1) is 10.1. The van der Waals surface area contributed by atoms with Gasteiger partial charge < -0.3 is 10.1 Å². The number of rotatable bonds is 3. The first-order valence-electron chi connectivity index (χ1n) is 6.46. The molecule has 1 N–H and O–H groups in total. The van der Waals surface area contributed by atoms with Gasteiger partial charge in [0.05, 0.1) is 0 Å². The number of hydrogen-bond acceptors (Lipinski definition) is 3. The van der Waals surface area contributed by atoms with Crippen LogP contribution in [0.4, 0.5) is 4.39 Å². The van der Waals surface area contributed by atoms with E-state index in [4.69, 9.17) is 4.74 Å². The molecule has 0 spiro atoms. The molecular weight excluding hydrogens is 273 g/mol. The fraction of sp³-hybridized carbons (Fsp3) is 0.125. The van der Waals surface area contributed by atoms with Crippen LogP contribution in [-0.2, 0) is 9.53 Å². The number of benzene rings is 2. The largest absolute Gasteiger partial charge is 0.333 e. The number of carbonyl (C=O) groups is 2. The molecule has 2 aromatic rings. The molecular formula is C16H12FNO3. The second-order valence-corrected chi connectivity index (χ2v) is 4.69. The minimum absolute atomic E-state index is 0.375. The van der Waals surface area contributed by atoms with E-state index in [2.05, 4.69) is 5.32 Å². The fourth-order valence-corrected chi connectivity index (χ4v) is 2.17. The second-order valence-electron chi connectivity index (χ2n) is 4.69. The number of halogens is 1. The van der Waals surface area contributed by atoms with Crippen molar-refractivity contribution < 1.29 is 18.7 Å². The molecule has 21 heavy (non-hydrogen) atoms. The van der Waals surface area contributed by atoms with Crippen LogP contribution in [0.25, 0.3) is 0 Å². The van der Waals surface area contributed by atoms with Gasteiger partial charge in [-0.25, -0.2) is 4.39 Å². The quantitative estimate of drug-likeness (QED) is 0.695. The Morgan fingerprint density at radius 3 is 2.38 bits per heavy atom. The van der Waals surface area contributed by atoms with E-state index >= 15 is 0 Å². The van der Waals surface area contributed by atoms with E-state index in [-0.39, 0.29) is 5.82 Å². The van der Waals surface area contributed by atoms with Gasteiger partial charge in [-0.1, -0.05) is 42.5 Å². The molecule has 1 fully saturated rings. The molecule has 0 saturated carbocycles. The Morgan fingerprint density at radius 1 is 1.05 bits per heavy atom. The monoisotopic (exact) mass is 285 g/mol. The minimum Gasteiger partial charge on any atom is -0.333 e. The van der Waals surface area contributed by atoms with Crippen molar-refractivity contribution in [2.75, 3.05) is 0 Å². The highest BCUT2D eigenvalue weighted by atomic mass is 19.1. The maximum atomic E-state index is 12.9. The SMILES string of the molecule is O=C1N[C@H](c2ccc(F)cc2)O[C@H]1C(=O)c1ccccc1. The first-order valence-corrected chi connectivity index (χ1v) is 6.46. The molecule has 0 aliphatic carbocycles. The van der Waals surface area contributed by atoms with Crippen molar-refractivity contribution in [1.29, 1.82) is 0 Å². The summed E-state index contributed by atoms with van der Waals surface area (Å²) in [5.41, 5.74) is 1.01. The molecule has 1 heterocycles. The Bertz CT molecular complexity index is 670. The van der Waals surface area contributed by atoms with Crippen molar-refractivity contribution in [3.05, 3.63) is 71.5 Å². The van der Waals surface area contributed by atoms with E-state index in [0.717, 1.165) is 0 Å². The average molecular weight is 285 g/mol. The topological polar surface area (TPSA) is 55.4 Å². The maximum absolute atomic E-state index is 12.9. The van der Waals surface area contributed by atoms with E-state index in [1.165, 1.54) is 24.3 Å². The summed E-state index contributed by atoms with van der Waals surface area (Å²) in [7, 11) is 0. The van der Waals surface area contributed by atoms with Crippen LogP contribution in [0.15, 0.2) is 54.6 Å². The molecule has 2 atom stereocenters. The highest BCUT2D eigenvalue weighted by molar-refractivity contribution is 6.13. The minimum atomic E-state index is -1.18. The number of ketones is 1. The molecule has 106 valence electrons. The number of ether oxygens (including phenoxy) is 1. The fourth-order valence-electron chi connectivity index (χ4n) is 2.17. The zero-order valence-corrected chi connectivity index (χ0v) is 11.0. The highest BCUT2D eigenvalue weighted by Gasteiger charge is 2.39. The maximum Gasteiger partial charge on any atom is 0.259 e. The summed E-state index contributed by atoms with van der Waals surface area (Å²) in [6.45, 7) is 0. The Balaban J connectivity index is 1.79. The van der Waals surface area contributed by atoms with Crippen molar-refractivity contribution in [3.8, 4) is 0 Å². The van der Waals surface area contributed by atoms with E-state index in [1.54, 1.807) is 30.3 Å². The van der Waals surface area contributed by atoms with Crippen LogP contribution >= 0.6 is 0 Å². The number of amides is 1. The standard InChI is InChI=1S/C16H12FNO3/c17-12-8-6-11(7-9-12)16-18-15(20)14(21-16)13(19)10-4-2-1-3-5-10/h1-9,14,16H,(H,18,20)/t14-,16-/m0/s1. The summed E-state index contributed by atoms with van der Waals surface area (Å²) in [4.78, 5) is 24.2. The molecule has 4 nitrogen and oxygen atoms in total. The Morgan fingerprint density at radius 2 is 1.71 bits per heavy atom. The van der Waals surface area contributed by atoms with Gasteiger partial charge in [-0.3, -0.25) is 9.59 Å². The van der Waals surface area contributed by atoms with Gasteiger partial charge >= 0.3 is 0 Å². The van der Waals surface area contributed by atoms with Gasteiger partial charge in [0.2, 0.25) is 11.9 Å². The molecule has 5 heteroatoms. The number of carbonyl (C=O) groups excluding carboxylic acids is 2. The van der Waals surface area contributed by atoms with Crippen LogP contribution in [0.2, 0.25) is 0 Å². The van der Waals surface area contributed by atoms with E-state index in [0.29, 0.717) is 11.1 Å². The second kappa shape index (κ2) is 5.46. The van der Waals surface area contributed by atoms with Crippen molar-refractivity contribution in [2.45, 2.75) is 12.3 Å². The highest BCUT2D eigenvalue weighted by Crippen LogP contribution is 2.24. The molecule has 1 aliphatic heterocycles. The van der Waals surface area contributed by atoms with Crippen LogP contribution in [-0.4, -0.2) is 17.8 Å². The van der Waals surface area contributed by atoms with Crippen LogP contribution in [0, 0.1) is 5.82 Å². The van der Waals surface area contributed by atoms with Gasteiger partial charge in [0, 0.05) is 11.1 Å². The first kappa shape index (κ1) is 13.5. The number of nitrogens with one attached hydrogen (secondary N) is 1. The lowest BCUT2D eigenvalue weighted by molar-refractivity contribution is -0.121. The summed E-state index contributed by atoms with van der Waals surface area (Å²) in [5.74, 6) is -1.25.